The Kier molecular flexibility index (Phi) is 12.0. The quantitative estimate of drug-likeness (QED) is 0.144. The minimum absolute atomic E-state index is 0.125. The van der Waals surface area contributed by atoms with Gasteiger partial charge in [0.1, 0.15) is 35.6 Å². The van der Waals surface area contributed by atoms with Gasteiger partial charge in [-0.2, -0.15) is 11.8 Å². The molecule has 248 valence electrons. The number of carbonyl (C=O) groups is 2. The Morgan fingerprint density at radius 1 is 1.00 bits per heavy atom. The number of amides is 1. The molecule has 0 aliphatic heterocycles. The van der Waals surface area contributed by atoms with Crippen molar-refractivity contribution in [2.75, 3.05) is 12.0 Å². The monoisotopic (exact) mass is 662 g/mol. The van der Waals surface area contributed by atoms with Crippen LogP contribution in [0.5, 0.6) is 5.88 Å². The molecule has 1 amide bonds. The van der Waals surface area contributed by atoms with Gasteiger partial charge in [0.05, 0.1) is 6.33 Å². The molecular formula is C36H40F2N4O4S. The number of benzene rings is 2. The molecule has 1 aliphatic rings. The highest BCUT2D eigenvalue weighted by Gasteiger charge is 2.28. The summed E-state index contributed by atoms with van der Waals surface area (Å²) in [6.07, 6.45) is 10.2. The number of aromatic nitrogens is 3. The molecule has 0 radical (unpaired) electrons. The average Bonchev–Trinajstić information content (AvgIpc) is 3.74. The van der Waals surface area contributed by atoms with Gasteiger partial charge in [0.15, 0.2) is 0 Å². The number of rotatable bonds is 15. The molecular weight excluding hydrogens is 622 g/mol. The molecule has 1 unspecified atom stereocenters. The number of imidazole rings is 1. The Balaban J connectivity index is 1.42. The van der Waals surface area contributed by atoms with Crippen molar-refractivity contribution < 1.29 is 27.8 Å². The maximum absolute atomic E-state index is 13.9. The number of halogens is 2. The van der Waals surface area contributed by atoms with Crippen LogP contribution in [-0.4, -0.2) is 50.6 Å². The fraction of sp³-hybridized carbons (Fsp3) is 0.389. The highest BCUT2D eigenvalue weighted by atomic mass is 32.2. The van der Waals surface area contributed by atoms with Gasteiger partial charge in [0, 0.05) is 31.4 Å². The topological polar surface area (TPSA) is 95.3 Å². The third-order valence-electron chi connectivity index (χ3n) is 8.37. The number of hydrogen-bond acceptors (Lipinski definition) is 7. The second-order valence-corrected chi connectivity index (χ2v) is 12.8. The van der Waals surface area contributed by atoms with Crippen molar-refractivity contribution in [1.82, 2.24) is 19.9 Å². The largest absolute Gasteiger partial charge is 0.469 e. The van der Waals surface area contributed by atoms with Gasteiger partial charge in [-0.15, -0.1) is 0 Å². The normalized spacial score (nSPS) is 14.5. The standard InChI is InChI=1S/C36H40F2N4O4S/c1-42-23-39-22-29(42)21-32(25-11-16-28(38)17-12-25)46-33-18-13-26(10-7-24-8-14-27(37)15-9-24)34(41-33)35(43)40-31(19-20-47-2)36(44)45-30-5-3-4-6-30/h8-9,11-18,22-23,30-32H,3-7,10,19-21H2,1-2H3,(H,40,43)/t31-,32?/m0/s1. The molecule has 0 spiro atoms. The summed E-state index contributed by atoms with van der Waals surface area (Å²) in [5.41, 5.74) is 3.31. The van der Waals surface area contributed by atoms with Crippen LogP contribution in [-0.2, 0) is 35.8 Å². The van der Waals surface area contributed by atoms with Crippen LogP contribution in [0.15, 0.2) is 73.2 Å². The number of nitrogens with one attached hydrogen (secondary N) is 1. The minimum atomic E-state index is -0.830. The van der Waals surface area contributed by atoms with Crippen LogP contribution in [0.1, 0.15) is 71.1 Å². The van der Waals surface area contributed by atoms with Crippen molar-refractivity contribution in [3.8, 4) is 5.88 Å². The van der Waals surface area contributed by atoms with Gasteiger partial charge in [-0.05, 0) is 97.9 Å². The third-order valence-corrected chi connectivity index (χ3v) is 9.01. The highest BCUT2D eigenvalue weighted by Crippen LogP contribution is 2.27. The smallest absolute Gasteiger partial charge is 0.328 e. The molecule has 1 fully saturated rings. The zero-order valence-corrected chi connectivity index (χ0v) is 27.5. The van der Waals surface area contributed by atoms with Gasteiger partial charge in [-0.1, -0.05) is 30.3 Å². The first-order chi connectivity index (χ1) is 22.8. The van der Waals surface area contributed by atoms with E-state index in [-0.39, 0.29) is 29.3 Å². The van der Waals surface area contributed by atoms with E-state index in [1.54, 1.807) is 60.7 Å². The summed E-state index contributed by atoms with van der Waals surface area (Å²) in [6, 6.07) is 15.0. The van der Waals surface area contributed by atoms with Gasteiger partial charge in [0.25, 0.3) is 5.91 Å². The van der Waals surface area contributed by atoms with E-state index < -0.39 is 24.0 Å². The van der Waals surface area contributed by atoms with Crippen LogP contribution in [0.2, 0.25) is 0 Å². The van der Waals surface area contributed by atoms with E-state index >= 15 is 0 Å². The Labute approximate surface area is 278 Å². The first kappa shape index (κ1) is 34.1. The molecule has 0 bridgehead atoms. The third kappa shape index (κ3) is 9.63. The van der Waals surface area contributed by atoms with Gasteiger partial charge in [-0.25, -0.2) is 23.5 Å². The minimum Gasteiger partial charge on any atom is -0.469 e. The van der Waals surface area contributed by atoms with Crippen molar-refractivity contribution in [3.63, 3.8) is 0 Å². The average molecular weight is 663 g/mol. The van der Waals surface area contributed by atoms with Crippen molar-refractivity contribution in [3.05, 3.63) is 113 Å². The maximum atomic E-state index is 13.9. The number of nitrogens with zero attached hydrogens (tertiary/aromatic N) is 3. The summed E-state index contributed by atoms with van der Waals surface area (Å²) >= 11 is 1.58. The molecule has 11 heteroatoms. The van der Waals surface area contributed by atoms with E-state index in [1.165, 1.54) is 24.3 Å². The van der Waals surface area contributed by atoms with E-state index in [2.05, 4.69) is 15.3 Å². The number of hydrogen-bond donors (Lipinski definition) is 1. The Morgan fingerprint density at radius 3 is 2.36 bits per heavy atom. The number of aryl methyl sites for hydroxylation is 3. The summed E-state index contributed by atoms with van der Waals surface area (Å²) in [5, 5.41) is 2.90. The number of carbonyl (C=O) groups excluding carboxylic acids is 2. The van der Waals surface area contributed by atoms with Gasteiger partial charge >= 0.3 is 5.97 Å². The Bertz CT molecular complexity index is 1620. The summed E-state index contributed by atoms with van der Waals surface area (Å²) in [7, 11) is 1.88. The molecule has 2 aromatic heterocycles. The molecule has 2 heterocycles. The summed E-state index contributed by atoms with van der Waals surface area (Å²) in [5.74, 6) is -0.772. The molecule has 5 rings (SSSR count). The highest BCUT2D eigenvalue weighted by molar-refractivity contribution is 7.98. The number of thioether (sulfide) groups is 1. The predicted octanol–water partition coefficient (Wildman–Crippen LogP) is 6.58. The SMILES string of the molecule is CSCC[C@H](NC(=O)c1nc(OC(Cc2cncn2C)c2ccc(F)cc2)ccc1CCc1ccc(F)cc1)C(=O)OC1CCCC1. The Morgan fingerprint density at radius 2 is 1.70 bits per heavy atom. The number of ether oxygens (including phenoxy) is 2. The lowest BCUT2D eigenvalue weighted by molar-refractivity contribution is -0.151. The van der Waals surface area contributed by atoms with Crippen molar-refractivity contribution in [2.45, 2.75) is 69.6 Å². The van der Waals surface area contributed by atoms with E-state index in [4.69, 9.17) is 9.47 Å². The van der Waals surface area contributed by atoms with E-state index in [1.807, 2.05) is 17.9 Å². The van der Waals surface area contributed by atoms with E-state index in [9.17, 15) is 18.4 Å². The van der Waals surface area contributed by atoms with E-state index in [0.29, 0.717) is 37.0 Å². The molecule has 2 atom stereocenters. The fourth-order valence-corrected chi connectivity index (χ4v) is 6.12. The second kappa shape index (κ2) is 16.5. The van der Waals surface area contributed by atoms with Crippen LogP contribution in [0.4, 0.5) is 8.78 Å². The molecule has 0 saturated heterocycles. The van der Waals surface area contributed by atoms with Crippen LogP contribution in [0, 0.1) is 11.6 Å². The lowest BCUT2D eigenvalue weighted by atomic mass is 10.0. The second-order valence-electron chi connectivity index (χ2n) is 11.8. The van der Waals surface area contributed by atoms with Gasteiger partial charge in [0.2, 0.25) is 5.88 Å². The molecule has 1 N–H and O–H groups in total. The van der Waals surface area contributed by atoms with Crippen molar-refractivity contribution >= 4 is 23.6 Å². The van der Waals surface area contributed by atoms with Crippen molar-refractivity contribution in [2.24, 2.45) is 7.05 Å². The summed E-state index contributed by atoms with van der Waals surface area (Å²) in [6.45, 7) is 0. The van der Waals surface area contributed by atoms with Crippen molar-refractivity contribution in [1.29, 1.82) is 0 Å². The van der Waals surface area contributed by atoms with Crippen LogP contribution < -0.4 is 10.1 Å². The van der Waals surface area contributed by atoms with Crippen LogP contribution in [0.3, 0.4) is 0 Å². The summed E-state index contributed by atoms with van der Waals surface area (Å²) in [4.78, 5) is 36.0. The molecule has 47 heavy (non-hydrogen) atoms. The molecule has 8 nitrogen and oxygen atoms in total. The summed E-state index contributed by atoms with van der Waals surface area (Å²) < 4.78 is 41.4. The van der Waals surface area contributed by atoms with Crippen LogP contribution >= 0.6 is 11.8 Å². The lowest BCUT2D eigenvalue weighted by Gasteiger charge is -2.22. The molecule has 1 saturated carbocycles. The predicted molar refractivity (Wildman–Crippen MR) is 177 cm³/mol. The number of esters is 1. The zero-order chi connectivity index (χ0) is 33.2. The fourth-order valence-electron chi connectivity index (χ4n) is 5.65. The Hall–Kier alpha value is -4.25. The van der Waals surface area contributed by atoms with Gasteiger partial charge < -0.3 is 19.4 Å². The maximum Gasteiger partial charge on any atom is 0.328 e. The van der Waals surface area contributed by atoms with Gasteiger partial charge in [-0.3, -0.25) is 4.79 Å². The number of pyridine rings is 1. The van der Waals surface area contributed by atoms with Crippen LogP contribution in [0.25, 0.3) is 0 Å². The first-order valence-corrected chi connectivity index (χ1v) is 17.3. The first-order valence-electron chi connectivity index (χ1n) is 15.9. The zero-order valence-electron chi connectivity index (χ0n) is 26.7. The molecule has 1 aliphatic carbocycles. The molecule has 2 aromatic carbocycles. The molecule has 4 aromatic rings. The van der Waals surface area contributed by atoms with E-state index in [0.717, 1.165) is 42.5 Å². The lowest BCUT2D eigenvalue weighted by Crippen LogP contribution is -2.43.